The monoisotopic (exact) mass is 553 g/mol. The van der Waals surface area contributed by atoms with Crippen molar-refractivity contribution in [2.75, 3.05) is 33.3 Å². The lowest BCUT2D eigenvalue weighted by Crippen LogP contribution is -2.36. The summed E-state index contributed by atoms with van der Waals surface area (Å²) in [6.45, 7) is 11.0. The summed E-state index contributed by atoms with van der Waals surface area (Å²) in [5.74, 6) is 3.51. The van der Waals surface area contributed by atoms with Crippen molar-refractivity contribution in [3.8, 4) is 23.0 Å². The molecule has 1 heterocycles. The van der Waals surface area contributed by atoms with E-state index in [2.05, 4.69) is 25.3 Å². The van der Waals surface area contributed by atoms with Crippen molar-refractivity contribution in [1.29, 1.82) is 0 Å². The number of nitrogens with two attached hydrogens (primary N) is 1. The normalized spacial score (nSPS) is 11.4. The largest absolute Gasteiger partial charge is 0.497 e. The number of hydrogen-bond donors (Lipinski definition) is 1. The lowest BCUT2D eigenvalue weighted by molar-refractivity contribution is 0.389. The van der Waals surface area contributed by atoms with Crippen LogP contribution in [0.3, 0.4) is 0 Å². The first kappa shape index (κ1) is 31.4. The van der Waals surface area contributed by atoms with Crippen LogP contribution in [0.15, 0.2) is 54.7 Å². The third kappa shape index (κ3) is 8.58. The first-order valence-electron chi connectivity index (χ1n) is 12.7. The molecule has 2 N–H and O–H groups in total. The molecule has 8 heteroatoms. The van der Waals surface area contributed by atoms with Crippen molar-refractivity contribution in [3.63, 3.8) is 0 Å². The second-order valence-corrected chi connectivity index (χ2v) is 9.09. The summed E-state index contributed by atoms with van der Waals surface area (Å²) in [6.07, 6.45) is 5.02. The molecule has 0 radical (unpaired) electrons. The second kappa shape index (κ2) is 15.5. The number of nitrogens with zero attached hydrogens (tertiary/aromatic N) is 2. The zero-order valence-corrected chi connectivity index (χ0v) is 24.8. The van der Waals surface area contributed by atoms with Gasteiger partial charge in [0.05, 0.1) is 28.4 Å². The van der Waals surface area contributed by atoms with Gasteiger partial charge in [0.15, 0.2) is 0 Å². The van der Waals surface area contributed by atoms with E-state index in [1.165, 1.54) is 6.42 Å². The van der Waals surface area contributed by atoms with E-state index in [0.717, 1.165) is 21.6 Å². The Morgan fingerprint density at radius 3 is 1.77 bits per heavy atom. The van der Waals surface area contributed by atoms with Gasteiger partial charge in [-0.05, 0) is 48.6 Å². The average molecular weight is 554 g/mol. The van der Waals surface area contributed by atoms with Crippen molar-refractivity contribution >= 4 is 29.6 Å². The maximum absolute atomic E-state index is 6.48. The molecule has 0 saturated heterocycles. The quantitative estimate of drug-likeness (QED) is 0.335. The van der Waals surface area contributed by atoms with Crippen LogP contribution in [0.5, 0.6) is 23.0 Å². The molecule has 210 valence electrons. The summed E-state index contributed by atoms with van der Waals surface area (Å²) in [4.78, 5) is 6.84. The summed E-state index contributed by atoms with van der Waals surface area (Å²) in [5.41, 5.74) is 8.22. The topological polar surface area (TPSA) is 79.1 Å². The summed E-state index contributed by atoms with van der Waals surface area (Å²) in [5, 5.41) is 2.05. The molecule has 3 rings (SSSR count). The van der Waals surface area contributed by atoms with Crippen LogP contribution in [-0.2, 0) is 13.1 Å². The molecule has 1 aromatic heterocycles. The van der Waals surface area contributed by atoms with Crippen LogP contribution in [-0.4, -0.2) is 33.4 Å². The fourth-order valence-electron chi connectivity index (χ4n) is 3.97. The standard InChI is InChI=1S/C28H32ClN3O4.C3H8/c1-7-24-21(12-18(2)30)13-27(29)31-28(24)32(16-19-8-10-22(33-3)14-25(19)35-5)17-20-9-11-23(34-4)15-26(20)36-6;1-3-2/h7-15H,2,16-17,30H2,1,3-6H3;3H2,1-2H3/b21-12-,24-7+;. The van der Waals surface area contributed by atoms with Crippen LogP contribution >= 0.6 is 11.6 Å². The van der Waals surface area contributed by atoms with E-state index in [-0.39, 0.29) is 0 Å². The Hall–Kier alpha value is -3.84. The summed E-state index contributed by atoms with van der Waals surface area (Å²) < 4.78 is 22.1. The van der Waals surface area contributed by atoms with Crippen molar-refractivity contribution in [2.24, 2.45) is 5.73 Å². The van der Waals surface area contributed by atoms with Gasteiger partial charge < -0.3 is 29.6 Å². The number of allylic oxidation sites excluding steroid dienone is 1. The van der Waals surface area contributed by atoms with E-state index in [4.69, 9.17) is 41.3 Å². The van der Waals surface area contributed by atoms with Gasteiger partial charge in [-0.3, -0.25) is 0 Å². The predicted octanol–water partition coefficient (Wildman–Crippen LogP) is 5.45. The molecular weight excluding hydrogens is 514 g/mol. The van der Waals surface area contributed by atoms with Crippen LogP contribution < -0.4 is 40.0 Å². The van der Waals surface area contributed by atoms with E-state index in [0.29, 0.717) is 52.8 Å². The maximum Gasteiger partial charge on any atom is 0.138 e. The molecule has 7 nitrogen and oxygen atoms in total. The van der Waals surface area contributed by atoms with Gasteiger partial charge in [-0.1, -0.05) is 44.5 Å². The van der Waals surface area contributed by atoms with Crippen LogP contribution in [0.2, 0.25) is 5.15 Å². The molecule has 2 aromatic carbocycles. The lowest BCUT2D eigenvalue weighted by atomic mass is 10.1. The summed E-state index contributed by atoms with van der Waals surface area (Å²) in [6, 6.07) is 13.3. The smallest absolute Gasteiger partial charge is 0.138 e. The number of halogens is 1. The molecular formula is C31H40ClN3O4. The van der Waals surface area contributed by atoms with Gasteiger partial charge in [0, 0.05) is 47.3 Å². The molecule has 0 aliphatic heterocycles. The van der Waals surface area contributed by atoms with Gasteiger partial charge in [0.2, 0.25) is 0 Å². The van der Waals surface area contributed by atoms with E-state index in [9.17, 15) is 0 Å². The molecule has 3 aromatic rings. The van der Waals surface area contributed by atoms with E-state index >= 15 is 0 Å². The van der Waals surface area contributed by atoms with Crippen LogP contribution in [0.25, 0.3) is 12.2 Å². The van der Waals surface area contributed by atoms with Crippen LogP contribution in [0.4, 0.5) is 5.82 Å². The van der Waals surface area contributed by atoms with E-state index in [1.807, 2.05) is 49.4 Å². The highest BCUT2D eigenvalue weighted by Gasteiger charge is 2.18. The fourth-order valence-corrected chi connectivity index (χ4v) is 4.16. The van der Waals surface area contributed by atoms with Gasteiger partial charge in [-0.25, -0.2) is 4.98 Å². The van der Waals surface area contributed by atoms with Gasteiger partial charge in [-0.15, -0.1) is 0 Å². The van der Waals surface area contributed by atoms with E-state index in [1.54, 1.807) is 40.6 Å². The number of anilines is 1. The lowest BCUT2D eigenvalue weighted by Gasteiger charge is -2.27. The molecule has 0 aliphatic carbocycles. The Labute approximate surface area is 237 Å². The Kier molecular flexibility index (Phi) is 12.5. The highest BCUT2D eigenvalue weighted by molar-refractivity contribution is 6.29. The zero-order valence-electron chi connectivity index (χ0n) is 24.0. The minimum absolute atomic E-state index is 0.344. The number of methoxy groups -OCH3 is 4. The van der Waals surface area contributed by atoms with Crippen molar-refractivity contribution in [3.05, 3.63) is 81.5 Å². The molecule has 0 saturated carbocycles. The molecule has 0 bridgehead atoms. The highest BCUT2D eigenvalue weighted by atomic mass is 35.5. The molecule has 0 unspecified atom stereocenters. The average Bonchev–Trinajstić information content (AvgIpc) is 2.92. The van der Waals surface area contributed by atoms with E-state index < -0.39 is 0 Å². The summed E-state index contributed by atoms with van der Waals surface area (Å²) >= 11 is 6.48. The van der Waals surface area contributed by atoms with Crippen molar-refractivity contribution < 1.29 is 18.9 Å². The Morgan fingerprint density at radius 1 is 0.897 bits per heavy atom. The van der Waals surface area contributed by atoms with Crippen LogP contribution in [0.1, 0.15) is 38.3 Å². The second-order valence-electron chi connectivity index (χ2n) is 8.70. The summed E-state index contributed by atoms with van der Waals surface area (Å²) in [7, 11) is 6.52. The third-order valence-electron chi connectivity index (χ3n) is 5.68. The molecule has 0 aliphatic rings. The van der Waals surface area contributed by atoms with Gasteiger partial charge in [-0.2, -0.15) is 0 Å². The first-order chi connectivity index (χ1) is 18.7. The molecule has 0 amide bonds. The van der Waals surface area contributed by atoms with Gasteiger partial charge in [0.25, 0.3) is 0 Å². The Bertz CT molecular complexity index is 1320. The Balaban J connectivity index is 0.00000170. The highest BCUT2D eigenvalue weighted by Crippen LogP contribution is 2.30. The SMILES string of the molecule is C=C(N)/C=c1/cc(Cl)nc(N(Cc2ccc(OC)cc2OC)Cc2ccc(OC)cc2OC)/c1=C/C.CCC. The maximum atomic E-state index is 6.48. The first-order valence-corrected chi connectivity index (χ1v) is 13.1. The third-order valence-corrected chi connectivity index (χ3v) is 5.87. The predicted molar refractivity (Wildman–Crippen MR) is 161 cm³/mol. The number of pyridine rings is 1. The number of benzene rings is 2. The zero-order chi connectivity index (χ0) is 28.9. The molecule has 0 fully saturated rings. The minimum atomic E-state index is 0.344. The van der Waals surface area contributed by atoms with Gasteiger partial charge in [0.1, 0.15) is 34.0 Å². The number of rotatable bonds is 10. The minimum Gasteiger partial charge on any atom is -0.497 e. The number of hydrogen-bond acceptors (Lipinski definition) is 7. The fraction of sp³-hybridized carbons (Fsp3) is 0.323. The number of ether oxygens (including phenoxy) is 4. The van der Waals surface area contributed by atoms with Crippen LogP contribution in [0, 0.1) is 0 Å². The molecule has 0 atom stereocenters. The van der Waals surface area contributed by atoms with Crippen molar-refractivity contribution in [2.45, 2.75) is 40.3 Å². The Morgan fingerprint density at radius 2 is 1.38 bits per heavy atom. The van der Waals surface area contributed by atoms with Gasteiger partial charge >= 0.3 is 0 Å². The molecule has 39 heavy (non-hydrogen) atoms. The van der Waals surface area contributed by atoms with Crippen molar-refractivity contribution in [1.82, 2.24) is 4.98 Å². The molecule has 0 spiro atoms. The number of aromatic nitrogens is 1.